The van der Waals surface area contributed by atoms with Crippen LogP contribution in [0.4, 0.5) is 0 Å². The molecule has 4 aliphatic carbocycles. The summed E-state index contributed by atoms with van der Waals surface area (Å²) in [6.07, 6.45) is 11.3. The van der Waals surface area contributed by atoms with E-state index in [1.807, 2.05) is 0 Å². The van der Waals surface area contributed by atoms with Crippen LogP contribution in [0.3, 0.4) is 0 Å². The van der Waals surface area contributed by atoms with Gasteiger partial charge in [-0.05, 0) is 80.0 Å². The molecule has 116 valence electrons. The zero-order chi connectivity index (χ0) is 14.4. The molecule has 20 heavy (non-hydrogen) atoms. The van der Waals surface area contributed by atoms with Gasteiger partial charge in [-0.2, -0.15) is 0 Å². The summed E-state index contributed by atoms with van der Waals surface area (Å²) in [4.78, 5) is 0. The minimum absolute atomic E-state index is 0.117. The Labute approximate surface area is 124 Å². The van der Waals surface area contributed by atoms with E-state index in [0.717, 1.165) is 31.8 Å². The summed E-state index contributed by atoms with van der Waals surface area (Å²) in [5.41, 5.74) is 1.59. The Morgan fingerprint density at radius 3 is 2.30 bits per heavy atom. The number of rotatable bonds is 6. The molecule has 0 spiro atoms. The molecule has 4 rings (SSSR count). The number of methoxy groups -OCH3 is 1. The maximum absolute atomic E-state index is 10.4. The molecular weight excluding hydrogens is 248 g/mol. The lowest BCUT2D eigenvalue weighted by atomic mass is 9.39. The minimum atomic E-state index is -0.117. The third-order valence-corrected chi connectivity index (χ3v) is 6.30. The molecule has 0 amide bonds. The van der Waals surface area contributed by atoms with Crippen molar-refractivity contribution < 1.29 is 9.84 Å². The first-order valence-corrected chi connectivity index (χ1v) is 8.53. The zero-order valence-corrected chi connectivity index (χ0v) is 13.6. The lowest BCUT2D eigenvalue weighted by molar-refractivity contribution is -0.157. The number of aliphatic hydroxyl groups excluding tert-OH is 1. The Bertz CT molecular complexity index is 346. The molecule has 4 fully saturated rings. The van der Waals surface area contributed by atoms with Crippen molar-refractivity contribution in [1.29, 1.82) is 0 Å². The fraction of sp³-hybridized carbons (Fsp3) is 1.00. The van der Waals surface area contributed by atoms with E-state index in [1.54, 1.807) is 7.11 Å². The van der Waals surface area contributed by atoms with Gasteiger partial charge >= 0.3 is 0 Å². The molecule has 1 N–H and O–H groups in total. The van der Waals surface area contributed by atoms with Crippen molar-refractivity contribution in [3.8, 4) is 0 Å². The number of ether oxygens (including phenoxy) is 1. The molecule has 0 saturated heterocycles. The molecule has 3 unspecified atom stereocenters. The molecular formula is C18H32O2. The van der Waals surface area contributed by atoms with Crippen molar-refractivity contribution >= 4 is 0 Å². The number of aliphatic hydroxyl groups is 1. The maximum Gasteiger partial charge on any atom is 0.0546 e. The van der Waals surface area contributed by atoms with Crippen molar-refractivity contribution in [3.63, 3.8) is 0 Å². The monoisotopic (exact) mass is 280 g/mol. The standard InChI is InChI=1S/C18H32O2/c1-16-7-14-8-17(2,11-16)13-18(9-14,12-16)10-15(19)5-4-6-20-3/h14-15,19H,4-13H2,1-3H3. The second-order valence-corrected chi connectivity index (χ2v) is 9.12. The molecule has 2 heteroatoms. The van der Waals surface area contributed by atoms with Crippen LogP contribution < -0.4 is 0 Å². The van der Waals surface area contributed by atoms with E-state index in [0.29, 0.717) is 16.2 Å². The van der Waals surface area contributed by atoms with Gasteiger partial charge in [0.25, 0.3) is 0 Å². The van der Waals surface area contributed by atoms with E-state index < -0.39 is 0 Å². The van der Waals surface area contributed by atoms with Crippen LogP contribution in [-0.4, -0.2) is 24.9 Å². The second kappa shape index (κ2) is 4.98. The van der Waals surface area contributed by atoms with E-state index in [9.17, 15) is 5.11 Å². The summed E-state index contributed by atoms with van der Waals surface area (Å²) in [5, 5.41) is 10.4. The fourth-order valence-corrected chi connectivity index (χ4v) is 6.98. The van der Waals surface area contributed by atoms with Crippen LogP contribution >= 0.6 is 0 Å². The number of hydrogen-bond donors (Lipinski definition) is 1. The summed E-state index contributed by atoms with van der Waals surface area (Å²) in [5.74, 6) is 0.937. The van der Waals surface area contributed by atoms with E-state index in [-0.39, 0.29) is 6.10 Å². The van der Waals surface area contributed by atoms with E-state index in [1.165, 1.54) is 38.5 Å². The highest BCUT2D eigenvalue weighted by molar-refractivity contribution is 5.10. The molecule has 0 aromatic rings. The van der Waals surface area contributed by atoms with E-state index in [4.69, 9.17) is 4.74 Å². The van der Waals surface area contributed by atoms with Crippen LogP contribution in [0.1, 0.15) is 71.6 Å². The second-order valence-electron chi connectivity index (χ2n) is 9.12. The molecule has 2 nitrogen and oxygen atoms in total. The topological polar surface area (TPSA) is 29.5 Å². The smallest absolute Gasteiger partial charge is 0.0546 e. The third kappa shape index (κ3) is 2.78. The summed E-state index contributed by atoms with van der Waals surface area (Å²) in [6, 6.07) is 0. The Hall–Kier alpha value is -0.0800. The average molecular weight is 280 g/mol. The lowest BCUT2D eigenvalue weighted by Gasteiger charge is -2.66. The van der Waals surface area contributed by atoms with Gasteiger partial charge in [-0.15, -0.1) is 0 Å². The first-order chi connectivity index (χ1) is 9.36. The molecule has 4 bridgehead atoms. The molecule has 0 aromatic heterocycles. The predicted molar refractivity (Wildman–Crippen MR) is 81.6 cm³/mol. The predicted octanol–water partition coefficient (Wildman–Crippen LogP) is 4.16. The number of hydrogen-bond acceptors (Lipinski definition) is 2. The Balaban J connectivity index is 1.66. The molecule has 0 heterocycles. The van der Waals surface area contributed by atoms with Gasteiger partial charge < -0.3 is 9.84 Å². The highest BCUT2D eigenvalue weighted by atomic mass is 16.5. The van der Waals surface area contributed by atoms with Crippen LogP contribution in [-0.2, 0) is 4.74 Å². The summed E-state index contributed by atoms with van der Waals surface area (Å²) in [6.45, 7) is 5.81. The lowest BCUT2D eigenvalue weighted by Crippen LogP contribution is -2.55. The van der Waals surface area contributed by atoms with E-state index >= 15 is 0 Å². The summed E-state index contributed by atoms with van der Waals surface area (Å²) >= 11 is 0. The van der Waals surface area contributed by atoms with Gasteiger partial charge in [0.05, 0.1) is 6.10 Å². The largest absolute Gasteiger partial charge is 0.393 e. The van der Waals surface area contributed by atoms with Gasteiger partial charge in [0.2, 0.25) is 0 Å². The van der Waals surface area contributed by atoms with Crippen LogP contribution in [0, 0.1) is 22.2 Å². The van der Waals surface area contributed by atoms with Crippen LogP contribution in [0.25, 0.3) is 0 Å². The molecule has 0 radical (unpaired) electrons. The van der Waals surface area contributed by atoms with Crippen molar-refractivity contribution in [1.82, 2.24) is 0 Å². The van der Waals surface area contributed by atoms with Gasteiger partial charge in [-0.3, -0.25) is 0 Å². The Morgan fingerprint density at radius 2 is 1.75 bits per heavy atom. The van der Waals surface area contributed by atoms with Crippen molar-refractivity contribution in [2.24, 2.45) is 22.2 Å². The van der Waals surface area contributed by atoms with Crippen molar-refractivity contribution in [2.45, 2.75) is 77.7 Å². The highest BCUT2D eigenvalue weighted by Crippen LogP contribution is 2.70. The third-order valence-electron chi connectivity index (χ3n) is 6.30. The Kier molecular flexibility index (Phi) is 3.70. The molecule has 4 saturated carbocycles. The van der Waals surface area contributed by atoms with Gasteiger partial charge in [0.15, 0.2) is 0 Å². The zero-order valence-electron chi connectivity index (χ0n) is 13.6. The minimum Gasteiger partial charge on any atom is -0.393 e. The van der Waals surface area contributed by atoms with E-state index in [2.05, 4.69) is 13.8 Å². The SMILES string of the molecule is COCCCC(O)CC12CC3CC(C)(CC(C)(C3)C1)C2. The quantitative estimate of drug-likeness (QED) is 0.740. The fourth-order valence-electron chi connectivity index (χ4n) is 6.98. The van der Waals surface area contributed by atoms with Crippen molar-refractivity contribution in [3.05, 3.63) is 0 Å². The van der Waals surface area contributed by atoms with Crippen molar-refractivity contribution in [2.75, 3.05) is 13.7 Å². The van der Waals surface area contributed by atoms with Crippen LogP contribution in [0.15, 0.2) is 0 Å². The van der Waals surface area contributed by atoms with Crippen LogP contribution in [0.5, 0.6) is 0 Å². The molecule has 0 aliphatic heterocycles. The average Bonchev–Trinajstić information content (AvgIpc) is 2.22. The molecule has 3 atom stereocenters. The Morgan fingerprint density at radius 1 is 1.10 bits per heavy atom. The molecule has 4 aliphatic rings. The van der Waals surface area contributed by atoms with Gasteiger partial charge in [-0.1, -0.05) is 13.8 Å². The van der Waals surface area contributed by atoms with Crippen LogP contribution in [0.2, 0.25) is 0 Å². The van der Waals surface area contributed by atoms with Gasteiger partial charge in [0.1, 0.15) is 0 Å². The first-order valence-electron chi connectivity index (χ1n) is 8.53. The van der Waals surface area contributed by atoms with Gasteiger partial charge in [-0.25, -0.2) is 0 Å². The maximum atomic E-state index is 10.4. The molecule has 0 aromatic carbocycles. The summed E-state index contributed by atoms with van der Waals surface area (Å²) in [7, 11) is 1.74. The normalized spacial score (nSPS) is 47.7. The highest BCUT2D eigenvalue weighted by Gasteiger charge is 2.59. The summed E-state index contributed by atoms with van der Waals surface area (Å²) < 4.78 is 5.11. The van der Waals surface area contributed by atoms with Gasteiger partial charge in [0, 0.05) is 13.7 Å². The first kappa shape index (κ1) is 14.8.